The van der Waals surface area contributed by atoms with Crippen LogP contribution < -0.4 is 0 Å². The third kappa shape index (κ3) is 1.55. The van der Waals surface area contributed by atoms with Crippen molar-refractivity contribution < 1.29 is 4.79 Å². The molecule has 3 rings (SSSR count). The molecule has 0 heterocycles. The molecular formula is C16H26OS2. The first-order chi connectivity index (χ1) is 9.19. The van der Waals surface area contributed by atoms with Crippen LogP contribution in [-0.2, 0) is 4.79 Å². The Balaban J connectivity index is 2.04. The number of thioether (sulfide) groups is 2. The molecule has 3 fully saturated rings. The van der Waals surface area contributed by atoms with Crippen LogP contribution in [0.4, 0.5) is 0 Å². The first-order valence-corrected chi connectivity index (χ1v) is 9.99. The molecule has 19 heavy (non-hydrogen) atoms. The number of carbonyl (C=O) groups excluding carboxylic acids is 1. The largest absolute Gasteiger partial charge is 0.298 e. The standard InChI is InChI=1S/C16H26OS2/c1-3-18-16(19-4-2)14(9-5-6-10-14)13(17)15(16)11-7-8-12-15/h3-12H2,1-2H3. The zero-order valence-electron chi connectivity index (χ0n) is 12.3. The summed E-state index contributed by atoms with van der Waals surface area (Å²) in [7, 11) is 0. The van der Waals surface area contributed by atoms with Crippen molar-refractivity contribution in [1.82, 2.24) is 0 Å². The Morgan fingerprint density at radius 1 is 0.842 bits per heavy atom. The average molecular weight is 299 g/mol. The molecule has 3 aliphatic carbocycles. The summed E-state index contributed by atoms with van der Waals surface area (Å²) in [6.07, 6.45) is 9.80. The van der Waals surface area contributed by atoms with Crippen LogP contribution in [0.25, 0.3) is 0 Å². The van der Waals surface area contributed by atoms with Crippen LogP contribution in [0.1, 0.15) is 65.2 Å². The van der Waals surface area contributed by atoms with Crippen LogP contribution in [0.15, 0.2) is 0 Å². The summed E-state index contributed by atoms with van der Waals surface area (Å²) in [6.45, 7) is 4.55. The normalized spacial score (nSPS) is 30.1. The lowest BCUT2D eigenvalue weighted by molar-refractivity contribution is -0.159. The van der Waals surface area contributed by atoms with E-state index in [2.05, 4.69) is 37.4 Å². The fourth-order valence-corrected chi connectivity index (χ4v) is 9.37. The predicted molar refractivity (Wildman–Crippen MR) is 85.8 cm³/mol. The average Bonchev–Trinajstić information content (AvgIpc) is 3.09. The summed E-state index contributed by atoms with van der Waals surface area (Å²) < 4.78 is 0.230. The van der Waals surface area contributed by atoms with Crippen LogP contribution in [0.5, 0.6) is 0 Å². The monoisotopic (exact) mass is 298 g/mol. The second-order valence-corrected chi connectivity index (χ2v) is 9.61. The highest BCUT2D eigenvalue weighted by molar-refractivity contribution is 8.18. The molecule has 0 aromatic carbocycles. The van der Waals surface area contributed by atoms with Crippen LogP contribution in [-0.4, -0.2) is 21.4 Å². The molecule has 3 heteroatoms. The van der Waals surface area contributed by atoms with Gasteiger partial charge in [-0.1, -0.05) is 39.5 Å². The second kappa shape index (κ2) is 4.98. The molecule has 0 N–H and O–H groups in total. The van der Waals surface area contributed by atoms with Crippen molar-refractivity contribution in [1.29, 1.82) is 0 Å². The number of carbonyl (C=O) groups is 1. The molecule has 3 saturated carbocycles. The lowest BCUT2D eigenvalue weighted by Crippen LogP contribution is -2.73. The molecule has 0 aromatic heterocycles. The van der Waals surface area contributed by atoms with Crippen molar-refractivity contribution in [3.8, 4) is 0 Å². The van der Waals surface area contributed by atoms with Crippen LogP contribution in [0, 0.1) is 10.8 Å². The smallest absolute Gasteiger partial charge is 0.149 e. The molecule has 0 amide bonds. The van der Waals surface area contributed by atoms with Gasteiger partial charge in [-0.05, 0) is 37.2 Å². The van der Waals surface area contributed by atoms with Gasteiger partial charge in [0.15, 0.2) is 0 Å². The number of Topliss-reactive ketones (excluding diaryl/α,β-unsaturated/α-hetero) is 1. The fraction of sp³-hybridized carbons (Fsp3) is 0.938. The molecule has 0 radical (unpaired) electrons. The fourth-order valence-electron chi connectivity index (χ4n) is 5.22. The first kappa shape index (κ1) is 14.3. The lowest BCUT2D eigenvalue weighted by atomic mass is 9.48. The molecule has 108 valence electrons. The quantitative estimate of drug-likeness (QED) is 0.688. The van der Waals surface area contributed by atoms with Gasteiger partial charge in [0.25, 0.3) is 0 Å². The number of ketones is 1. The first-order valence-electron chi connectivity index (χ1n) is 8.02. The van der Waals surface area contributed by atoms with E-state index < -0.39 is 0 Å². The van der Waals surface area contributed by atoms with Crippen molar-refractivity contribution in [3.63, 3.8) is 0 Å². The van der Waals surface area contributed by atoms with Gasteiger partial charge in [-0.2, -0.15) is 0 Å². The van der Waals surface area contributed by atoms with Gasteiger partial charge < -0.3 is 0 Å². The van der Waals surface area contributed by atoms with Gasteiger partial charge in [0, 0.05) is 0 Å². The Hall–Kier alpha value is 0.370. The van der Waals surface area contributed by atoms with Gasteiger partial charge in [-0.15, -0.1) is 23.5 Å². The van der Waals surface area contributed by atoms with Crippen LogP contribution >= 0.6 is 23.5 Å². The van der Waals surface area contributed by atoms with E-state index in [-0.39, 0.29) is 14.9 Å². The SMILES string of the molecule is CCSC1(SCC)C2(CCCC2)C(=O)C12CCCC2. The van der Waals surface area contributed by atoms with Crippen molar-refractivity contribution >= 4 is 29.3 Å². The third-order valence-corrected chi connectivity index (χ3v) is 9.40. The molecular weight excluding hydrogens is 272 g/mol. The van der Waals surface area contributed by atoms with Crippen LogP contribution in [0.2, 0.25) is 0 Å². The molecule has 0 atom stereocenters. The summed E-state index contributed by atoms with van der Waals surface area (Å²) in [4.78, 5) is 13.1. The zero-order valence-corrected chi connectivity index (χ0v) is 13.9. The maximum Gasteiger partial charge on any atom is 0.149 e. The van der Waals surface area contributed by atoms with E-state index in [1.165, 1.54) is 51.4 Å². The van der Waals surface area contributed by atoms with Gasteiger partial charge in [-0.25, -0.2) is 0 Å². The van der Waals surface area contributed by atoms with E-state index in [4.69, 9.17) is 0 Å². The van der Waals surface area contributed by atoms with Gasteiger partial charge in [-0.3, -0.25) is 4.79 Å². The van der Waals surface area contributed by atoms with E-state index in [0.29, 0.717) is 5.78 Å². The number of rotatable bonds is 4. The highest BCUT2D eigenvalue weighted by atomic mass is 32.2. The number of hydrogen-bond donors (Lipinski definition) is 0. The third-order valence-electron chi connectivity index (χ3n) is 5.74. The van der Waals surface area contributed by atoms with E-state index in [0.717, 1.165) is 11.5 Å². The van der Waals surface area contributed by atoms with Crippen molar-refractivity contribution in [2.75, 3.05) is 11.5 Å². The summed E-state index contributed by atoms with van der Waals surface area (Å²) in [5.74, 6) is 2.99. The number of hydrogen-bond acceptors (Lipinski definition) is 3. The molecule has 0 aromatic rings. The second-order valence-electron chi connectivity index (χ2n) is 6.39. The van der Waals surface area contributed by atoms with Gasteiger partial charge in [0.1, 0.15) is 5.78 Å². The Morgan fingerprint density at radius 3 is 1.53 bits per heavy atom. The molecule has 3 aliphatic rings. The minimum Gasteiger partial charge on any atom is -0.298 e. The Labute approximate surface area is 126 Å². The Morgan fingerprint density at radius 2 is 1.21 bits per heavy atom. The minimum atomic E-state index is 0.0543. The van der Waals surface area contributed by atoms with Gasteiger partial charge in [0.2, 0.25) is 0 Å². The summed E-state index contributed by atoms with van der Waals surface area (Å²) >= 11 is 4.26. The summed E-state index contributed by atoms with van der Waals surface area (Å²) in [6, 6.07) is 0. The maximum absolute atomic E-state index is 13.1. The molecule has 0 unspecified atom stereocenters. The molecule has 0 bridgehead atoms. The van der Waals surface area contributed by atoms with Crippen molar-refractivity contribution in [2.24, 2.45) is 10.8 Å². The minimum absolute atomic E-state index is 0.0543. The lowest BCUT2D eigenvalue weighted by Gasteiger charge is -2.67. The van der Waals surface area contributed by atoms with E-state index in [1.54, 1.807) is 0 Å². The summed E-state index contributed by atoms with van der Waals surface area (Å²) in [5.41, 5.74) is 0.109. The van der Waals surface area contributed by atoms with Crippen molar-refractivity contribution in [2.45, 2.75) is 69.3 Å². The topological polar surface area (TPSA) is 17.1 Å². The Kier molecular flexibility index (Phi) is 3.75. The molecule has 0 aliphatic heterocycles. The highest BCUT2D eigenvalue weighted by Gasteiger charge is 2.80. The van der Waals surface area contributed by atoms with Crippen LogP contribution in [0.3, 0.4) is 0 Å². The van der Waals surface area contributed by atoms with E-state index >= 15 is 0 Å². The molecule has 1 nitrogen and oxygen atoms in total. The highest BCUT2D eigenvalue weighted by Crippen LogP contribution is 2.79. The van der Waals surface area contributed by atoms with E-state index in [9.17, 15) is 4.79 Å². The maximum atomic E-state index is 13.1. The van der Waals surface area contributed by atoms with Crippen molar-refractivity contribution in [3.05, 3.63) is 0 Å². The Bertz CT molecular complexity index is 331. The van der Waals surface area contributed by atoms with Gasteiger partial charge >= 0.3 is 0 Å². The molecule has 2 spiro atoms. The predicted octanol–water partition coefficient (Wildman–Crippen LogP) is 4.89. The molecule has 0 saturated heterocycles. The zero-order chi connectivity index (χ0) is 13.6. The van der Waals surface area contributed by atoms with E-state index in [1.807, 2.05) is 0 Å². The summed E-state index contributed by atoms with van der Waals surface area (Å²) in [5, 5.41) is 0. The van der Waals surface area contributed by atoms with Gasteiger partial charge in [0.05, 0.1) is 14.9 Å².